The van der Waals surface area contributed by atoms with Crippen molar-refractivity contribution in [2.45, 2.75) is 12.7 Å². The molecule has 4 rings (SSSR count). The zero-order valence-electron chi connectivity index (χ0n) is 18.6. The van der Waals surface area contributed by atoms with Gasteiger partial charge in [0.25, 0.3) is 5.56 Å². The average Bonchev–Trinajstić information content (AvgIpc) is 2.85. The summed E-state index contributed by atoms with van der Waals surface area (Å²) in [6.45, 7) is -0.497. The number of alkyl halides is 3. The van der Waals surface area contributed by atoms with Gasteiger partial charge in [-0.2, -0.15) is 18.4 Å². The Morgan fingerprint density at radius 2 is 1.50 bits per heavy atom. The molecule has 4 aromatic rings. The van der Waals surface area contributed by atoms with Crippen LogP contribution in [0.5, 0.6) is 0 Å². The molecule has 0 saturated heterocycles. The smallest absolute Gasteiger partial charge is 0.303 e. The predicted octanol–water partition coefficient (Wildman–Crippen LogP) is 6.90. The van der Waals surface area contributed by atoms with Gasteiger partial charge in [-0.05, 0) is 28.8 Å². The van der Waals surface area contributed by atoms with Crippen LogP contribution in [0.2, 0.25) is 0 Å². The van der Waals surface area contributed by atoms with E-state index in [-0.39, 0.29) is 16.8 Å². The van der Waals surface area contributed by atoms with Gasteiger partial charge in [0.1, 0.15) is 23.3 Å². The fourth-order valence-corrected chi connectivity index (χ4v) is 3.72. The summed E-state index contributed by atoms with van der Waals surface area (Å²) in [5.41, 5.74) is -2.02. The van der Waals surface area contributed by atoms with Crippen molar-refractivity contribution in [3.8, 4) is 17.3 Å². The Bertz CT molecular complexity index is 1530. The van der Waals surface area contributed by atoms with Gasteiger partial charge in [-0.25, -0.2) is 8.78 Å². The summed E-state index contributed by atoms with van der Waals surface area (Å²) in [5.74, 6) is -1.80. The highest BCUT2D eigenvalue weighted by Crippen LogP contribution is 2.34. The molecule has 0 spiro atoms. The molecule has 0 aliphatic rings. The second-order valence-electron chi connectivity index (χ2n) is 7.92. The van der Waals surface area contributed by atoms with E-state index in [4.69, 9.17) is 0 Å². The number of hydrogen-bond acceptors (Lipinski definition) is 2. The fourth-order valence-electron chi connectivity index (χ4n) is 3.72. The molecule has 8 heteroatoms. The van der Waals surface area contributed by atoms with Crippen LogP contribution in [0.15, 0.2) is 83.7 Å². The molecule has 3 aromatic carbocycles. The third-order valence-corrected chi connectivity index (χ3v) is 5.54. The standard InChI is InChI=1S/C28H17F5N2O/c29-22-13-12-21(25(30)14-22)17-35-26(15-24(28(31,32)33)23(16-34)27(35)36)20-10-8-19(9-11-20)7-6-18-4-2-1-3-5-18/h1-15H,17H2/b7-6+. The molecular weight excluding hydrogens is 475 g/mol. The van der Waals surface area contributed by atoms with Crippen molar-refractivity contribution in [3.63, 3.8) is 0 Å². The van der Waals surface area contributed by atoms with Crippen molar-refractivity contribution in [1.29, 1.82) is 5.26 Å². The van der Waals surface area contributed by atoms with E-state index in [9.17, 15) is 32.0 Å². The first kappa shape index (κ1) is 24.6. The Balaban J connectivity index is 1.83. The lowest BCUT2D eigenvalue weighted by atomic mass is 10.0. The molecule has 0 unspecified atom stereocenters. The van der Waals surface area contributed by atoms with Gasteiger partial charge in [-0.1, -0.05) is 72.8 Å². The van der Waals surface area contributed by atoms with Crippen molar-refractivity contribution in [3.05, 3.63) is 129 Å². The van der Waals surface area contributed by atoms with Crippen LogP contribution in [-0.4, -0.2) is 4.57 Å². The maximum absolute atomic E-state index is 14.3. The molecule has 0 fully saturated rings. The van der Waals surface area contributed by atoms with E-state index in [1.54, 1.807) is 12.1 Å². The van der Waals surface area contributed by atoms with E-state index < -0.39 is 41.0 Å². The first-order valence-electron chi connectivity index (χ1n) is 10.7. The Kier molecular flexibility index (Phi) is 6.84. The molecule has 36 heavy (non-hydrogen) atoms. The number of nitriles is 1. The van der Waals surface area contributed by atoms with Crippen LogP contribution in [0.1, 0.15) is 27.8 Å². The number of benzene rings is 3. The number of pyridine rings is 1. The van der Waals surface area contributed by atoms with Crippen molar-refractivity contribution in [2.24, 2.45) is 0 Å². The number of aromatic nitrogens is 1. The molecule has 0 radical (unpaired) electrons. The highest BCUT2D eigenvalue weighted by atomic mass is 19.4. The van der Waals surface area contributed by atoms with E-state index in [1.807, 2.05) is 42.5 Å². The van der Waals surface area contributed by atoms with Crippen LogP contribution in [-0.2, 0) is 12.7 Å². The van der Waals surface area contributed by atoms with Gasteiger partial charge in [0.15, 0.2) is 0 Å². The molecule has 0 amide bonds. The van der Waals surface area contributed by atoms with Crippen molar-refractivity contribution < 1.29 is 22.0 Å². The first-order valence-corrected chi connectivity index (χ1v) is 10.7. The lowest BCUT2D eigenvalue weighted by Gasteiger charge is -2.18. The molecule has 0 aliphatic carbocycles. The molecule has 3 nitrogen and oxygen atoms in total. The summed E-state index contributed by atoms with van der Waals surface area (Å²) in [7, 11) is 0. The third-order valence-electron chi connectivity index (χ3n) is 5.54. The summed E-state index contributed by atoms with van der Waals surface area (Å²) in [6.07, 6.45) is -1.27. The monoisotopic (exact) mass is 492 g/mol. The van der Waals surface area contributed by atoms with Crippen LogP contribution < -0.4 is 5.56 Å². The van der Waals surface area contributed by atoms with E-state index in [0.717, 1.165) is 27.8 Å². The third kappa shape index (κ3) is 5.26. The number of hydrogen-bond donors (Lipinski definition) is 0. The first-order chi connectivity index (χ1) is 17.2. The van der Waals surface area contributed by atoms with Gasteiger partial charge >= 0.3 is 6.18 Å². The van der Waals surface area contributed by atoms with Crippen molar-refractivity contribution >= 4 is 12.2 Å². The maximum atomic E-state index is 14.3. The summed E-state index contributed by atoms with van der Waals surface area (Å²) < 4.78 is 69.6. The summed E-state index contributed by atoms with van der Waals surface area (Å²) in [4.78, 5) is 13.0. The lowest BCUT2D eigenvalue weighted by Crippen LogP contribution is -2.29. The van der Waals surface area contributed by atoms with Crippen LogP contribution in [0.25, 0.3) is 23.4 Å². The SMILES string of the molecule is N#Cc1c(C(F)(F)F)cc(-c2ccc(/C=C/c3ccccc3)cc2)n(Cc2ccc(F)cc2F)c1=O. The average molecular weight is 492 g/mol. The minimum atomic E-state index is -4.96. The quantitative estimate of drug-likeness (QED) is 0.225. The van der Waals surface area contributed by atoms with Gasteiger partial charge in [-0.15, -0.1) is 0 Å². The molecule has 0 N–H and O–H groups in total. The Morgan fingerprint density at radius 3 is 2.08 bits per heavy atom. The zero-order chi connectivity index (χ0) is 25.9. The molecule has 1 aromatic heterocycles. The van der Waals surface area contributed by atoms with E-state index in [2.05, 4.69) is 0 Å². The zero-order valence-corrected chi connectivity index (χ0v) is 18.6. The fraction of sp³-hybridized carbons (Fsp3) is 0.0714. The predicted molar refractivity (Wildman–Crippen MR) is 127 cm³/mol. The molecule has 0 aliphatic heterocycles. The Morgan fingerprint density at radius 1 is 0.861 bits per heavy atom. The van der Waals surface area contributed by atoms with Gasteiger partial charge in [0.2, 0.25) is 0 Å². The molecule has 0 bridgehead atoms. The second-order valence-corrected chi connectivity index (χ2v) is 7.92. The second kappa shape index (κ2) is 10.0. The van der Waals surface area contributed by atoms with E-state index in [0.29, 0.717) is 12.1 Å². The number of halogens is 5. The summed E-state index contributed by atoms with van der Waals surface area (Å²) in [5, 5.41) is 9.30. The molecule has 180 valence electrons. The van der Waals surface area contributed by atoms with Crippen molar-refractivity contribution in [2.75, 3.05) is 0 Å². The number of nitrogens with zero attached hydrogens (tertiary/aromatic N) is 2. The normalized spacial score (nSPS) is 11.6. The molecule has 1 heterocycles. The molecular formula is C28H17F5N2O. The highest BCUT2D eigenvalue weighted by molar-refractivity contribution is 5.72. The molecule has 0 saturated carbocycles. The highest BCUT2D eigenvalue weighted by Gasteiger charge is 2.36. The van der Waals surface area contributed by atoms with Gasteiger partial charge < -0.3 is 4.57 Å². The van der Waals surface area contributed by atoms with Gasteiger partial charge in [0.05, 0.1) is 17.8 Å². The molecule has 0 atom stereocenters. The maximum Gasteiger partial charge on any atom is 0.417 e. The van der Waals surface area contributed by atoms with Crippen LogP contribution in [0.3, 0.4) is 0 Å². The lowest BCUT2D eigenvalue weighted by molar-refractivity contribution is -0.137. The summed E-state index contributed by atoms with van der Waals surface area (Å²) >= 11 is 0. The summed E-state index contributed by atoms with van der Waals surface area (Å²) in [6, 6.07) is 20.6. The van der Waals surface area contributed by atoms with Crippen LogP contribution in [0.4, 0.5) is 22.0 Å². The van der Waals surface area contributed by atoms with Gasteiger partial charge in [0, 0.05) is 11.6 Å². The van der Waals surface area contributed by atoms with Crippen LogP contribution in [0, 0.1) is 23.0 Å². The topological polar surface area (TPSA) is 45.8 Å². The van der Waals surface area contributed by atoms with Crippen LogP contribution >= 0.6 is 0 Å². The van der Waals surface area contributed by atoms with E-state index in [1.165, 1.54) is 18.2 Å². The Hall–Kier alpha value is -4.51. The largest absolute Gasteiger partial charge is 0.417 e. The Labute approximate surface area is 203 Å². The minimum Gasteiger partial charge on any atom is -0.303 e. The minimum absolute atomic E-state index is 0.120. The van der Waals surface area contributed by atoms with E-state index >= 15 is 0 Å². The van der Waals surface area contributed by atoms with Crippen molar-refractivity contribution in [1.82, 2.24) is 4.57 Å². The number of rotatable bonds is 5. The van der Waals surface area contributed by atoms with Gasteiger partial charge in [-0.3, -0.25) is 4.79 Å².